The maximum Gasteiger partial charge on any atom is 0.305 e. The summed E-state index contributed by atoms with van der Waals surface area (Å²) in [7, 11) is 0. The fraction of sp³-hybridized carbons (Fsp3) is 0.909. The minimum atomic E-state index is -0.108. The third-order valence-electron chi connectivity index (χ3n) is 1.20. The van der Waals surface area contributed by atoms with Crippen LogP contribution in [0.4, 0.5) is 0 Å². The molecule has 85 valence electrons. The number of ether oxygens (including phenoxy) is 1. The lowest BCUT2D eigenvalue weighted by Crippen LogP contribution is -2.07. The van der Waals surface area contributed by atoms with Crippen molar-refractivity contribution in [3.63, 3.8) is 0 Å². The molecule has 14 heavy (non-hydrogen) atoms. The van der Waals surface area contributed by atoms with E-state index < -0.39 is 0 Å². The fourth-order valence-corrected chi connectivity index (χ4v) is 0.362. The first kappa shape index (κ1) is 15.9. The van der Waals surface area contributed by atoms with Gasteiger partial charge in [0.15, 0.2) is 0 Å². The van der Waals surface area contributed by atoms with Gasteiger partial charge in [0.25, 0.3) is 0 Å². The maximum absolute atomic E-state index is 10.5. The number of rotatable bonds is 4. The summed E-state index contributed by atoms with van der Waals surface area (Å²) in [4.78, 5) is 10.5. The second-order valence-corrected chi connectivity index (χ2v) is 3.99. The highest BCUT2D eigenvalue weighted by molar-refractivity contribution is 5.68. The van der Waals surface area contributed by atoms with Gasteiger partial charge in [-0.25, -0.2) is 5.11 Å². The predicted octanol–water partition coefficient (Wildman–Crippen LogP) is 2.67. The molecule has 0 heterocycles. The van der Waals surface area contributed by atoms with Crippen LogP contribution in [-0.2, 0) is 14.6 Å². The van der Waals surface area contributed by atoms with E-state index in [1.807, 2.05) is 27.7 Å². The van der Waals surface area contributed by atoms with Crippen LogP contribution in [0.25, 0.3) is 0 Å². The standard InChI is InChI=1S/C7H14O2.C4H9O/c1-4-7(8)9-5-6(2)3;1-4(2)3-5/h6H,4-5H2,1-3H3;4H,3H2,1-2H3. The van der Waals surface area contributed by atoms with Crippen LogP contribution in [0.5, 0.6) is 0 Å². The van der Waals surface area contributed by atoms with E-state index in [-0.39, 0.29) is 12.6 Å². The molecule has 1 radical (unpaired) electrons. The molecule has 0 unspecified atom stereocenters. The van der Waals surface area contributed by atoms with Gasteiger partial charge in [0.1, 0.15) is 0 Å². The van der Waals surface area contributed by atoms with Gasteiger partial charge in [-0.1, -0.05) is 34.6 Å². The van der Waals surface area contributed by atoms with Gasteiger partial charge in [0.2, 0.25) is 0 Å². The molecule has 0 N–H and O–H groups in total. The molecule has 0 aliphatic rings. The number of esters is 1. The van der Waals surface area contributed by atoms with Crippen LogP contribution in [0.1, 0.15) is 41.0 Å². The van der Waals surface area contributed by atoms with E-state index in [9.17, 15) is 9.90 Å². The Bertz CT molecular complexity index is 130. The van der Waals surface area contributed by atoms with Crippen LogP contribution in [-0.4, -0.2) is 19.2 Å². The molecule has 0 aliphatic heterocycles. The van der Waals surface area contributed by atoms with Crippen molar-refractivity contribution in [2.45, 2.75) is 41.0 Å². The van der Waals surface area contributed by atoms with Gasteiger partial charge in [-0.3, -0.25) is 4.79 Å². The minimum Gasteiger partial charge on any atom is -0.465 e. The Balaban J connectivity index is 0. The van der Waals surface area contributed by atoms with E-state index in [0.717, 1.165) is 0 Å². The van der Waals surface area contributed by atoms with Crippen LogP contribution < -0.4 is 0 Å². The van der Waals surface area contributed by atoms with Crippen LogP contribution in [0.3, 0.4) is 0 Å². The van der Waals surface area contributed by atoms with Crippen molar-refractivity contribution in [2.24, 2.45) is 11.8 Å². The van der Waals surface area contributed by atoms with Gasteiger partial charge in [-0.2, -0.15) is 0 Å². The normalized spacial score (nSPS) is 9.71. The van der Waals surface area contributed by atoms with Crippen molar-refractivity contribution in [1.82, 2.24) is 0 Å². The molecular weight excluding hydrogens is 180 g/mol. The summed E-state index contributed by atoms with van der Waals surface area (Å²) in [5, 5.41) is 9.63. The van der Waals surface area contributed by atoms with E-state index in [4.69, 9.17) is 4.74 Å². The van der Waals surface area contributed by atoms with Crippen molar-refractivity contribution in [2.75, 3.05) is 13.2 Å². The zero-order chi connectivity index (χ0) is 11.6. The Morgan fingerprint density at radius 3 is 1.79 bits per heavy atom. The molecule has 0 bridgehead atoms. The Hall–Kier alpha value is -0.570. The average molecular weight is 203 g/mol. The van der Waals surface area contributed by atoms with Gasteiger partial charge < -0.3 is 4.74 Å². The first-order valence-electron chi connectivity index (χ1n) is 5.17. The molecule has 0 aromatic carbocycles. The SMILES string of the molecule is CC(C)C[O].CCC(=O)OCC(C)C. The highest BCUT2D eigenvalue weighted by Crippen LogP contribution is 1.93. The average Bonchev–Trinajstić information content (AvgIpc) is 2.14. The number of carbonyl (C=O) groups excluding carboxylic acids is 1. The van der Waals surface area contributed by atoms with Crippen LogP contribution in [0.2, 0.25) is 0 Å². The molecule has 0 saturated heterocycles. The van der Waals surface area contributed by atoms with Crippen molar-refractivity contribution in [1.29, 1.82) is 0 Å². The minimum absolute atomic E-state index is 0.0556. The van der Waals surface area contributed by atoms with E-state index in [1.54, 1.807) is 6.92 Å². The Morgan fingerprint density at radius 1 is 1.14 bits per heavy atom. The molecule has 0 fully saturated rings. The Kier molecular flexibility index (Phi) is 11.9. The summed E-state index contributed by atoms with van der Waals surface area (Å²) in [6, 6.07) is 0. The second kappa shape index (κ2) is 10.5. The molecule has 0 rings (SSSR count). The van der Waals surface area contributed by atoms with Gasteiger partial charge in [-0.05, 0) is 11.8 Å². The van der Waals surface area contributed by atoms with E-state index in [2.05, 4.69) is 0 Å². The molecule has 0 aromatic heterocycles. The molecule has 0 amide bonds. The van der Waals surface area contributed by atoms with E-state index >= 15 is 0 Å². The summed E-state index contributed by atoms with van der Waals surface area (Å²) in [5.74, 6) is 0.666. The lowest BCUT2D eigenvalue weighted by atomic mass is 10.2. The fourth-order valence-electron chi connectivity index (χ4n) is 0.362. The van der Waals surface area contributed by atoms with Gasteiger partial charge in [0.05, 0.1) is 13.2 Å². The summed E-state index contributed by atoms with van der Waals surface area (Å²) >= 11 is 0. The summed E-state index contributed by atoms with van der Waals surface area (Å²) in [5.41, 5.74) is 0. The second-order valence-electron chi connectivity index (χ2n) is 3.99. The highest BCUT2D eigenvalue weighted by atomic mass is 16.5. The lowest BCUT2D eigenvalue weighted by Gasteiger charge is -2.04. The monoisotopic (exact) mass is 203 g/mol. The molecule has 3 heteroatoms. The van der Waals surface area contributed by atoms with E-state index in [1.165, 1.54) is 0 Å². The highest BCUT2D eigenvalue weighted by Gasteiger charge is 1.98. The third kappa shape index (κ3) is 17.5. The van der Waals surface area contributed by atoms with Gasteiger partial charge >= 0.3 is 5.97 Å². The smallest absolute Gasteiger partial charge is 0.305 e. The van der Waals surface area contributed by atoms with Crippen LogP contribution in [0.15, 0.2) is 0 Å². The van der Waals surface area contributed by atoms with E-state index in [0.29, 0.717) is 24.9 Å². The zero-order valence-electron chi connectivity index (χ0n) is 10.0. The number of hydrogen-bond acceptors (Lipinski definition) is 2. The Labute approximate surface area is 87.5 Å². The predicted molar refractivity (Wildman–Crippen MR) is 56.5 cm³/mol. The molecule has 0 saturated carbocycles. The topological polar surface area (TPSA) is 46.2 Å². The van der Waals surface area contributed by atoms with Crippen molar-refractivity contribution in [3.05, 3.63) is 0 Å². The molecule has 0 atom stereocenters. The lowest BCUT2D eigenvalue weighted by molar-refractivity contribution is -0.144. The summed E-state index contributed by atoms with van der Waals surface area (Å²) < 4.78 is 4.81. The number of carbonyl (C=O) groups is 1. The summed E-state index contributed by atoms with van der Waals surface area (Å²) in [6.45, 7) is 10.3. The van der Waals surface area contributed by atoms with Crippen molar-refractivity contribution >= 4 is 5.97 Å². The maximum atomic E-state index is 10.5. The Morgan fingerprint density at radius 2 is 1.57 bits per heavy atom. The first-order chi connectivity index (χ1) is 6.43. The molecular formula is C11H23O3. The quantitative estimate of drug-likeness (QED) is 0.659. The number of hydrogen-bond donors (Lipinski definition) is 0. The third-order valence-corrected chi connectivity index (χ3v) is 1.20. The van der Waals surface area contributed by atoms with Crippen LogP contribution in [0, 0.1) is 11.8 Å². The van der Waals surface area contributed by atoms with Crippen molar-refractivity contribution < 1.29 is 14.6 Å². The largest absolute Gasteiger partial charge is 0.465 e. The molecule has 0 spiro atoms. The molecule has 0 aliphatic carbocycles. The molecule has 3 nitrogen and oxygen atoms in total. The first-order valence-corrected chi connectivity index (χ1v) is 5.17. The zero-order valence-corrected chi connectivity index (χ0v) is 10.0. The van der Waals surface area contributed by atoms with Gasteiger partial charge in [0, 0.05) is 6.42 Å². The van der Waals surface area contributed by atoms with Crippen LogP contribution >= 0.6 is 0 Å². The van der Waals surface area contributed by atoms with Gasteiger partial charge in [-0.15, -0.1) is 0 Å². The van der Waals surface area contributed by atoms with Crippen molar-refractivity contribution in [3.8, 4) is 0 Å². The molecule has 0 aromatic rings. The summed E-state index contributed by atoms with van der Waals surface area (Å²) in [6.07, 6.45) is 0.479.